The summed E-state index contributed by atoms with van der Waals surface area (Å²) in [5.41, 5.74) is -0.765. The number of hydrogen-bond acceptors (Lipinski definition) is 5. The summed E-state index contributed by atoms with van der Waals surface area (Å²) in [7, 11) is 0. The molecule has 0 spiro atoms. The number of aliphatic hydroxyl groups excluding tert-OH is 1. The van der Waals surface area contributed by atoms with Crippen molar-refractivity contribution in [1.29, 1.82) is 0 Å². The highest BCUT2D eigenvalue weighted by Gasteiger charge is 2.41. The fourth-order valence-electron chi connectivity index (χ4n) is 4.22. The maximum Gasteiger partial charge on any atom is 0.287 e. The standard InChI is InChI=1S/C18H26N2O5/c1-18(2)8-12(22)7-15(25-18)17(24)20-14(9-21)16(23)19-13-6-10-3-4-11(13)5-10/h7,10-11,13-14,21H,3-6,8-9H2,1-2H3,(H,19,23)(H,20,24)/t10?,11?,13?,14-/m0/s1. The molecule has 0 aromatic heterocycles. The number of aliphatic hydroxyl groups is 1. The van der Waals surface area contributed by atoms with E-state index in [9.17, 15) is 19.5 Å². The number of carbonyl (C=O) groups excluding carboxylic acids is 3. The van der Waals surface area contributed by atoms with Crippen LogP contribution in [0.5, 0.6) is 0 Å². The number of nitrogens with one attached hydrogen (secondary N) is 2. The minimum Gasteiger partial charge on any atom is -0.482 e. The van der Waals surface area contributed by atoms with Crippen molar-refractivity contribution in [1.82, 2.24) is 10.6 Å². The van der Waals surface area contributed by atoms with Crippen molar-refractivity contribution in [3.8, 4) is 0 Å². The summed E-state index contributed by atoms with van der Waals surface area (Å²) >= 11 is 0. The van der Waals surface area contributed by atoms with Gasteiger partial charge in [0.25, 0.3) is 5.91 Å². The van der Waals surface area contributed by atoms with Crippen LogP contribution in [0.3, 0.4) is 0 Å². The first-order valence-electron chi connectivity index (χ1n) is 8.93. The molecular weight excluding hydrogens is 324 g/mol. The molecule has 2 saturated carbocycles. The predicted octanol–water partition coefficient (Wildman–Crippen LogP) is 0.420. The summed E-state index contributed by atoms with van der Waals surface area (Å²) in [4.78, 5) is 36.4. The van der Waals surface area contributed by atoms with Gasteiger partial charge < -0.3 is 20.5 Å². The van der Waals surface area contributed by atoms with Gasteiger partial charge in [0, 0.05) is 18.5 Å². The van der Waals surface area contributed by atoms with Crippen LogP contribution >= 0.6 is 0 Å². The average molecular weight is 350 g/mol. The lowest BCUT2D eigenvalue weighted by molar-refractivity contribution is -0.134. The molecule has 3 N–H and O–H groups in total. The molecule has 25 heavy (non-hydrogen) atoms. The smallest absolute Gasteiger partial charge is 0.287 e. The molecule has 3 rings (SSSR count). The molecule has 2 aliphatic carbocycles. The zero-order chi connectivity index (χ0) is 18.2. The van der Waals surface area contributed by atoms with Gasteiger partial charge in [-0.1, -0.05) is 6.42 Å². The Bertz CT molecular complexity index is 613. The van der Waals surface area contributed by atoms with Gasteiger partial charge >= 0.3 is 0 Å². The summed E-state index contributed by atoms with van der Waals surface area (Å²) in [5, 5.41) is 14.9. The van der Waals surface area contributed by atoms with Gasteiger partial charge in [-0.25, -0.2) is 0 Å². The Morgan fingerprint density at radius 3 is 2.68 bits per heavy atom. The average Bonchev–Trinajstić information content (AvgIpc) is 3.12. The molecule has 3 unspecified atom stereocenters. The molecule has 0 aromatic rings. The summed E-state index contributed by atoms with van der Waals surface area (Å²) in [6.45, 7) is 2.93. The highest BCUT2D eigenvalue weighted by atomic mass is 16.5. The fraction of sp³-hybridized carbons (Fsp3) is 0.722. The Labute approximate surface area is 147 Å². The van der Waals surface area contributed by atoms with Crippen LogP contribution in [0.4, 0.5) is 0 Å². The van der Waals surface area contributed by atoms with Crippen LogP contribution in [0.1, 0.15) is 46.0 Å². The number of amides is 2. The van der Waals surface area contributed by atoms with Crippen LogP contribution in [0.15, 0.2) is 11.8 Å². The second-order valence-corrected chi connectivity index (χ2v) is 8.01. The molecule has 2 fully saturated rings. The number of carbonyl (C=O) groups is 3. The third-order valence-electron chi connectivity index (χ3n) is 5.37. The van der Waals surface area contributed by atoms with Crippen molar-refractivity contribution >= 4 is 17.6 Å². The van der Waals surface area contributed by atoms with E-state index in [0.29, 0.717) is 11.8 Å². The van der Waals surface area contributed by atoms with E-state index < -0.39 is 30.1 Å². The fourth-order valence-corrected chi connectivity index (χ4v) is 4.22. The number of ether oxygens (including phenoxy) is 1. The van der Waals surface area contributed by atoms with Crippen molar-refractivity contribution in [3.05, 3.63) is 11.8 Å². The van der Waals surface area contributed by atoms with Crippen molar-refractivity contribution in [2.75, 3.05) is 6.61 Å². The molecule has 138 valence electrons. The number of hydrogen-bond donors (Lipinski definition) is 3. The van der Waals surface area contributed by atoms with Gasteiger partial charge in [-0.15, -0.1) is 0 Å². The summed E-state index contributed by atoms with van der Waals surface area (Å²) in [6, 6.07) is -0.931. The molecule has 2 bridgehead atoms. The van der Waals surface area contributed by atoms with E-state index in [0.717, 1.165) is 25.3 Å². The minimum atomic E-state index is -1.06. The highest BCUT2D eigenvalue weighted by molar-refractivity contribution is 6.03. The molecule has 1 aliphatic heterocycles. The Morgan fingerprint density at radius 2 is 2.12 bits per heavy atom. The quantitative estimate of drug-likeness (QED) is 0.667. The van der Waals surface area contributed by atoms with E-state index in [2.05, 4.69) is 10.6 Å². The van der Waals surface area contributed by atoms with Crippen molar-refractivity contribution in [2.45, 2.75) is 63.6 Å². The van der Waals surface area contributed by atoms with Gasteiger partial charge in [0.15, 0.2) is 11.5 Å². The van der Waals surface area contributed by atoms with E-state index in [4.69, 9.17) is 4.74 Å². The normalized spacial score (nSPS) is 31.1. The van der Waals surface area contributed by atoms with Gasteiger partial charge in [-0.05, 0) is 44.9 Å². The van der Waals surface area contributed by atoms with E-state index >= 15 is 0 Å². The molecule has 3 aliphatic rings. The lowest BCUT2D eigenvalue weighted by Gasteiger charge is -2.30. The van der Waals surface area contributed by atoms with Crippen molar-refractivity contribution in [3.63, 3.8) is 0 Å². The first-order valence-corrected chi connectivity index (χ1v) is 8.93. The summed E-state index contributed by atoms with van der Waals surface area (Å²) in [5.74, 6) is -0.183. The van der Waals surface area contributed by atoms with E-state index in [-0.39, 0.29) is 24.0 Å². The van der Waals surface area contributed by atoms with Crippen LogP contribution in [-0.2, 0) is 19.1 Å². The molecule has 7 nitrogen and oxygen atoms in total. The highest BCUT2D eigenvalue weighted by Crippen LogP contribution is 2.44. The van der Waals surface area contributed by atoms with E-state index in [1.807, 2.05) is 0 Å². The van der Waals surface area contributed by atoms with E-state index in [1.165, 1.54) is 6.42 Å². The van der Waals surface area contributed by atoms with Crippen LogP contribution in [0.25, 0.3) is 0 Å². The topological polar surface area (TPSA) is 105 Å². The lowest BCUT2D eigenvalue weighted by Crippen LogP contribution is -2.53. The molecular formula is C18H26N2O5. The maximum atomic E-state index is 12.4. The monoisotopic (exact) mass is 350 g/mol. The molecule has 2 amide bonds. The molecule has 1 heterocycles. The lowest BCUT2D eigenvalue weighted by atomic mass is 9.95. The Balaban J connectivity index is 1.58. The molecule has 0 saturated heterocycles. The van der Waals surface area contributed by atoms with Gasteiger partial charge in [0.2, 0.25) is 5.91 Å². The number of fused-ring (bicyclic) bond motifs is 2. The number of allylic oxidation sites excluding steroid dienone is 1. The number of ketones is 1. The first kappa shape index (κ1) is 17.9. The summed E-state index contributed by atoms with van der Waals surface area (Å²) < 4.78 is 5.52. The van der Waals surface area contributed by atoms with Crippen LogP contribution in [0.2, 0.25) is 0 Å². The van der Waals surface area contributed by atoms with Crippen molar-refractivity contribution in [2.24, 2.45) is 11.8 Å². The van der Waals surface area contributed by atoms with Crippen molar-refractivity contribution < 1.29 is 24.2 Å². The third kappa shape index (κ3) is 4.03. The van der Waals surface area contributed by atoms with Gasteiger partial charge in [0.1, 0.15) is 11.6 Å². The Morgan fingerprint density at radius 1 is 1.36 bits per heavy atom. The van der Waals surface area contributed by atoms with Gasteiger partial charge in [-0.3, -0.25) is 14.4 Å². The van der Waals surface area contributed by atoms with Gasteiger partial charge in [-0.2, -0.15) is 0 Å². The largest absolute Gasteiger partial charge is 0.482 e. The number of rotatable bonds is 5. The zero-order valence-electron chi connectivity index (χ0n) is 14.7. The second-order valence-electron chi connectivity index (χ2n) is 8.01. The first-order chi connectivity index (χ1) is 11.8. The van der Waals surface area contributed by atoms with E-state index in [1.54, 1.807) is 13.8 Å². The second kappa shape index (κ2) is 6.78. The molecule has 0 aromatic carbocycles. The minimum absolute atomic E-state index is 0.118. The molecule has 7 heteroatoms. The van der Waals surface area contributed by atoms with Crippen LogP contribution < -0.4 is 10.6 Å². The maximum absolute atomic E-state index is 12.4. The Kier molecular flexibility index (Phi) is 4.86. The molecule has 0 radical (unpaired) electrons. The predicted molar refractivity (Wildman–Crippen MR) is 89.3 cm³/mol. The van der Waals surface area contributed by atoms with Crippen LogP contribution in [-0.4, -0.2) is 47.0 Å². The summed E-state index contributed by atoms with van der Waals surface area (Å²) in [6.07, 6.45) is 5.81. The zero-order valence-corrected chi connectivity index (χ0v) is 14.7. The third-order valence-corrected chi connectivity index (χ3v) is 5.37. The SMILES string of the molecule is CC1(C)CC(=O)C=C(C(=O)N[C@@H](CO)C(=O)NC2CC3CCC2C3)O1. The van der Waals surface area contributed by atoms with Crippen LogP contribution in [0, 0.1) is 11.8 Å². The Hall–Kier alpha value is -1.89. The molecule has 4 atom stereocenters. The van der Waals surface area contributed by atoms with Gasteiger partial charge in [0.05, 0.1) is 6.61 Å².